The minimum absolute atomic E-state index is 0.0876. The van der Waals surface area contributed by atoms with E-state index in [9.17, 15) is 4.79 Å². The Morgan fingerprint density at radius 2 is 2.05 bits per heavy atom. The number of carbonyl (C=O) groups is 1. The molecule has 1 aliphatic heterocycles. The molecule has 1 unspecified atom stereocenters. The molecule has 0 bridgehead atoms. The zero-order valence-electron chi connectivity index (χ0n) is 11.7. The number of rotatable bonds is 4. The molecule has 0 spiro atoms. The van der Waals surface area contributed by atoms with E-state index in [-0.39, 0.29) is 11.9 Å². The normalized spacial score (nSPS) is 19.7. The molecule has 4 heteroatoms. The third-order valence-electron chi connectivity index (χ3n) is 3.66. The molecule has 1 amide bonds. The van der Waals surface area contributed by atoms with Crippen LogP contribution in [0.15, 0.2) is 24.3 Å². The van der Waals surface area contributed by atoms with Crippen molar-refractivity contribution in [2.75, 3.05) is 24.5 Å². The Balaban J connectivity index is 2.20. The number of amides is 1. The summed E-state index contributed by atoms with van der Waals surface area (Å²) in [7, 11) is 0. The van der Waals surface area contributed by atoms with Gasteiger partial charge in [0.1, 0.15) is 6.04 Å². The van der Waals surface area contributed by atoms with E-state index in [1.807, 2.05) is 0 Å². The lowest BCUT2D eigenvalue weighted by Gasteiger charge is -2.36. The number of piperazine rings is 1. The molecule has 1 aromatic carbocycles. The SMILES string of the molecule is CC(C)c1ccc(N2CCNC(=O)C2CCN)cc1. The van der Waals surface area contributed by atoms with Crippen LogP contribution in [0, 0.1) is 0 Å². The van der Waals surface area contributed by atoms with E-state index < -0.39 is 0 Å². The van der Waals surface area contributed by atoms with E-state index >= 15 is 0 Å². The smallest absolute Gasteiger partial charge is 0.242 e. The van der Waals surface area contributed by atoms with Gasteiger partial charge in [-0.05, 0) is 36.6 Å². The van der Waals surface area contributed by atoms with Gasteiger partial charge in [-0.25, -0.2) is 0 Å². The van der Waals surface area contributed by atoms with E-state index in [4.69, 9.17) is 5.73 Å². The summed E-state index contributed by atoms with van der Waals surface area (Å²) in [6.45, 7) is 6.43. The van der Waals surface area contributed by atoms with E-state index in [0.29, 0.717) is 25.4 Å². The van der Waals surface area contributed by atoms with Crippen molar-refractivity contribution >= 4 is 11.6 Å². The van der Waals surface area contributed by atoms with Crippen LogP contribution in [-0.4, -0.2) is 31.6 Å². The van der Waals surface area contributed by atoms with E-state index in [2.05, 4.69) is 48.3 Å². The van der Waals surface area contributed by atoms with E-state index in [0.717, 1.165) is 12.2 Å². The fraction of sp³-hybridized carbons (Fsp3) is 0.533. The Morgan fingerprint density at radius 1 is 1.37 bits per heavy atom. The van der Waals surface area contributed by atoms with Gasteiger partial charge in [0.15, 0.2) is 0 Å². The van der Waals surface area contributed by atoms with Crippen molar-refractivity contribution in [2.24, 2.45) is 5.73 Å². The first-order chi connectivity index (χ1) is 9.13. The van der Waals surface area contributed by atoms with Gasteiger partial charge >= 0.3 is 0 Å². The van der Waals surface area contributed by atoms with Crippen molar-refractivity contribution in [3.05, 3.63) is 29.8 Å². The summed E-state index contributed by atoms with van der Waals surface area (Å²) in [5.74, 6) is 0.614. The molecular weight excluding hydrogens is 238 g/mol. The fourth-order valence-electron chi connectivity index (χ4n) is 2.52. The molecule has 4 nitrogen and oxygen atoms in total. The number of benzene rings is 1. The monoisotopic (exact) mass is 261 g/mol. The van der Waals surface area contributed by atoms with Crippen molar-refractivity contribution < 1.29 is 4.79 Å². The van der Waals surface area contributed by atoms with Crippen LogP contribution in [0.3, 0.4) is 0 Å². The van der Waals surface area contributed by atoms with Crippen LogP contribution in [0.4, 0.5) is 5.69 Å². The highest BCUT2D eigenvalue weighted by Crippen LogP contribution is 2.23. The molecule has 3 N–H and O–H groups in total. The van der Waals surface area contributed by atoms with E-state index in [1.165, 1.54) is 5.56 Å². The Labute approximate surface area is 115 Å². The van der Waals surface area contributed by atoms with Gasteiger partial charge in [0, 0.05) is 18.8 Å². The highest BCUT2D eigenvalue weighted by molar-refractivity contribution is 5.86. The number of hydrogen-bond acceptors (Lipinski definition) is 3. The van der Waals surface area contributed by atoms with Crippen LogP contribution in [0.2, 0.25) is 0 Å². The van der Waals surface area contributed by atoms with Gasteiger partial charge in [-0.1, -0.05) is 26.0 Å². The van der Waals surface area contributed by atoms with Crippen LogP contribution < -0.4 is 16.0 Å². The molecule has 0 aliphatic carbocycles. The van der Waals surface area contributed by atoms with Gasteiger partial charge in [-0.3, -0.25) is 4.79 Å². The number of carbonyl (C=O) groups excluding carboxylic acids is 1. The second kappa shape index (κ2) is 6.06. The second-order valence-corrected chi connectivity index (χ2v) is 5.32. The molecule has 104 valence electrons. The summed E-state index contributed by atoms with van der Waals surface area (Å²) in [6, 6.07) is 8.37. The third kappa shape index (κ3) is 3.07. The molecule has 2 rings (SSSR count). The predicted molar refractivity (Wildman–Crippen MR) is 78.3 cm³/mol. The Hall–Kier alpha value is -1.55. The zero-order valence-corrected chi connectivity index (χ0v) is 11.7. The lowest BCUT2D eigenvalue weighted by Crippen LogP contribution is -2.56. The predicted octanol–water partition coefficient (Wildman–Crippen LogP) is 1.46. The number of hydrogen-bond donors (Lipinski definition) is 2. The van der Waals surface area contributed by atoms with Gasteiger partial charge in [0.05, 0.1) is 0 Å². The molecule has 1 atom stereocenters. The Bertz CT molecular complexity index is 428. The molecule has 19 heavy (non-hydrogen) atoms. The standard InChI is InChI=1S/C15H23N3O/c1-11(2)12-3-5-13(6-4-12)18-10-9-17-15(19)14(18)7-8-16/h3-6,11,14H,7-10,16H2,1-2H3,(H,17,19). The van der Waals surface area contributed by atoms with Crippen molar-refractivity contribution in [1.82, 2.24) is 5.32 Å². The first-order valence-electron chi connectivity index (χ1n) is 6.98. The average molecular weight is 261 g/mol. The van der Waals surface area contributed by atoms with E-state index in [1.54, 1.807) is 0 Å². The first kappa shape index (κ1) is 13.9. The summed E-state index contributed by atoms with van der Waals surface area (Å²) < 4.78 is 0. The molecule has 1 saturated heterocycles. The summed E-state index contributed by atoms with van der Waals surface area (Å²) in [6.07, 6.45) is 0.692. The third-order valence-corrected chi connectivity index (χ3v) is 3.66. The number of nitrogens with two attached hydrogens (primary N) is 1. The number of nitrogens with one attached hydrogen (secondary N) is 1. The first-order valence-corrected chi connectivity index (χ1v) is 6.98. The number of anilines is 1. The van der Waals surface area contributed by atoms with Crippen molar-refractivity contribution in [3.63, 3.8) is 0 Å². The van der Waals surface area contributed by atoms with Gasteiger partial charge in [0.25, 0.3) is 0 Å². The molecule has 1 heterocycles. The maximum atomic E-state index is 11.9. The summed E-state index contributed by atoms with van der Waals surface area (Å²) in [4.78, 5) is 14.1. The van der Waals surface area contributed by atoms with Gasteiger partial charge in [-0.2, -0.15) is 0 Å². The lowest BCUT2D eigenvalue weighted by atomic mass is 10.0. The molecular formula is C15H23N3O. The quantitative estimate of drug-likeness (QED) is 0.863. The fourth-order valence-corrected chi connectivity index (χ4v) is 2.52. The van der Waals surface area contributed by atoms with Crippen LogP contribution in [0.25, 0.3) is 0 Å². The average Bonchev–Trinajstić information content (AvgIpc) is 2.41. The molecule has 1 fully saturated rings. The van der Waals surface area contributed by atoms with Crippen LogP contribution in [0.5, 0.6) is 0 Å². The van der Waals surface area contributed by atoms with Crippen molar-refractivity contribution in [2.45, 2.75) is 32.2 Å². The second-order valence-electron chi connectivity index (χ2n) is 5.32. The summed E-state index contributed by atoms with van der Waals surface area (Å²) >= 11 is 0. The number of nitrogens with zero attached hydrogens (tertiary/aromatic N) is 1. The summed E-state index contributed by atoms with van der Waals surface area (Å²) in [5, 5.41) is 2.91. The van der Waals surface area contributed by atoms with Gasteiger partial charge in [0.2, 0.25) is 5.91 Å². The largest absolute Gasteiger partial charge is 0.358 e. The summed E-state index contributed by atoms with van der Waals surface area (Å²) in [5.41, 5.74) is 8.05. The van der Waals surface area contributed by atoms with Gasteiger partial charge < -0.3 is 16.0 Å². The molecule has 0 aromatic heterocycles. The zero-order chi connectivity index (χ0) is 13.8. The maximum absolute atomic E-state index is 11.9. The Morgan fingerprint density at radius 3 is 2.63 bits per heavy atom. The molecule has 0 radical (unpaired) electrons. The minimum Gasteiger partial charge on any atom is -0.358 e. The van der Waals surface area contributed by atoms with Crippen LogP contribution in [0.1, 0.15) is 31.7 Å². The highest BCUT2D eigenvalue weighted by atomic mass is 16.2. The Kier molecular flexibility index (Phi) is 4.43. The lowest BCUT2D eigenvalue weighted by molar-refractivity contribution is -0.123. The minimum atomic E-state index is -0.136. The van der Waals surface area contributed by atoms with Gasteiger partial charge in [-0.15, -0.1) is 0 Å². The molecule has 1 aromatic rings. The van der Waals surface area contributed by atoms with Crippen molar-refractivity contribution in [3.8, 4) is 0 Å². The molecule has 1 aliphatic rings. The maximum Gasteiger partial charge on any atom is 0.242 e. The van der Waals surface area contributed by atoms with Crippen LogP contribution >= 0.6 is 0 Å². The topological polar surface area (TPSA) is 58.4 Å². The highest BCUT2D eigenvalue weighted by Gasteiger charge is 2.28. The molecule has 0 saturated carbocycles. The van der Waals surface area contributed by atoms with Crippen molar-refractivity contribution in [1.29, 1.82) is 0 Å². The van der Waals surface area contributed by atoms with Crippen LogP contribution in [-0.2, 0) is 4.79 Å².